The van der Waals surface area contributed by atoms with Crippen LogP contribution in [0.1, 0.15) is 0 Å². The van der Waals surface area contributed by atoms with Crippen molar-refractivity contribution in [1.29, 1.82) is 0 Å². The van der Waals surface area contributed by atoms with E-state index in [-0.39, 0.29) is 0 Å². The van der Waals surface area contributed by atoms with Crippen molar-refractivity contribution in [1.82, 2.24) is 15.0 Å². The zero-order valence-corrected chi connectivity index (χ0v) is 31.6. The summed E-state index contributed by atoms with van der Waals surface area (Å²) in [6, 6.07) is 71.1. The van der Waals surface area contributed by atoms with Gasteiger partial charge in [-0.2, -0.15) is 0 Å². The molecule has 0 N–H and O–H groups in total. The monoisotopic (exact) mass is 743 g/mol. The Morgan fingerprint density at radius 1 is 0.281 bits per heavy atom. The lowest BCUT2D eigenvalue weighted by Gasteiger charge is -2.19. The van der Waals surface area contributed by atoms with Crippen LogP contribution < -0.4 is 0 Å². The Morgan fingerprint density at radius 2 is 0.807 bits per heavy atom. The van der Waals surface area contributed by atoms with Crippen LogP contribution in [0.2, 0.25) is 0 Å². The molecule has 9 aromatic carbocycles. The van der Waals surface area contributed by atoms with Crippen molar-refractivity contribution in [2.45, 2.75) is 0 Å². The molecule has 0 atom stereocenters. The molecule has 3 nitrogen and oxygen atoms in total. The van der Waals surface area contributed by atoms with Gasteiger partial charge < -0.3 is 0 Å². The fraction of sp³-hybridized carbons (Fsp3) is 0. The number of aromatic nitrogens is 3. The number of benzene rings is 9. The number of nitrogens with zero attached hydrogens (tertiary/aromatic N) is 3. The second kappa shape index (κ2) is 13.8. The number of hydrogen-bond donors (Lipinski definition) is 0. The van der Waals surface area contributed by atoms with Gasteiger partial charge >= 0.3 is 0 Å². The second-order valence-corrected chi connectivity index (χ2v) is 15.4. The van der Waals surface area contributed by atoms with E-state index in [1.807, 2.05) is 18.2 Å². The van der Waals surface area contributed by atoms with E-state index in [2.05, 4.69) is 182 Å². The van der Waals surface area contributed by atoms with Gasteiger partial charge in [0, 0.05) is 36.9 Å². The third-order valence-electron chi connectivity index (χ3n) is 11.0. The molecule has 0 saturated heterocycles. The molecule has 0 unspecified atom stereocenters. The van der Waals surface area contributed by atoms with E-state index in [1.165, 1.54) is 42.1 Å². The lowest BCUT2D eigenvalue weighted by Crippen LogP contribution is -2.02. The topological polar surface area (TPSA) is 38.7 Å². The summed E-state index contributed by atoms with van der Waals surface area (Å²) < 4.78 is 2.41. The van der Waals surface area contributed by atoms with Crippen LogP contribution in [0.25, 0.3) is 109 Å². The van der Waals surface area contributed by atoms with E-state index in [4.69, 9.17) is 15.0 Å². The molecule has 57 heavy (non-hydrogen) atoms. The normalized spacial score (nSPS) is 11.5. The molecule has 11 aromatic rings. The average Bonchev–Trinajstić information content (AvgIpc) is 3.68. The predicted octanol–water partition coefficient (Wildman–Crippen LogP) is 14.5. The van der Waals surface area contributed by atoms with Gasteiger partial charge in [-0.25, -0.2) is 15.0 Å². The summed E-state index contributed by atoms with van der Waals surface area (Å²) in [6.07, 6.45) is 0. The molecule has 2 aromatic heterocycles. The van der Waals surface area contributed by atoms with Gasteiger partial charge in [0.05, 0.1) is 0 Å². The highest BCUT2D eigenvalue weighted by molar-refractivity contribution is 7.26. The van der Waals surface area contributed by atoms with Gasteiger partial charge in [-0.15, -0.1) is 11.3 Å². The zero-order valence-electron chi connectivity index (χ0n) is 30.8. The quantitative estimate of drug-likeness (QED) is 0.170. The van der Waals surface area contributed by atoms with Gasteiger partial charge in [-0.1, -0.05) is 188 Å². The summed E-state index contributed by atoms with van der Waals surface area (Å²) in [5.74, 6) is 1.94. The summed E-state index contributed by atoms with van der Waals surface area (Å²) >= 11 is 1.79. The van der Waals surface area contributed by atoms with Crippen LogP contribution in [-0.2, 0) is 0 Å². The highest BCUT2D eigenvalue weighted by atomic mass is 32.1. The van der Waals surface area contributed by atoms with Gasteiger partial charge in [0.15, 0.2) is 17.5 Å². The summed E-state index contributed by atoms with van der Waals surface area (Å²) in [6.45, 7) is 0. The van der Waals surface area contributed by atoms with Crippen LogP contribution in [0.15, 0.2) is 200 Å². The number of hydrogen-bond acceptors (Lipinski definition) is 4. The minimum absolute atomic E-state index is 0.641. The average molecular weight is 744 g/mol. The Balaban J connectivity index is 1.20. The molecule has 0 aliphatic rings. The van der Waals surface area contributed by atoms with Crippen molar-refractivity contribution in [2.75, 3.05) is 0 Å². The van der Waals surface area contributed by atoms with Gasteiger partial charge in [0.1, 0.15) is 0 Å². The maximum absolute atomic E-state index is 5.47. The number of rotatable bonds is 6. The van der Waals surface area contributed by atoms with Crippen molar-refractivity contribution in [2.24, 2.45) is 0 Å². The first-order valence-electron chi connectivity index (χ1n) is 19.2. The molecule has 0 saturated carbocycles. The van der Waals surface area contributed by atoms with Crippen LogP contribution in [0.4, 0.5) is 0 Å². The summed E-state index contributed by atoms with van der Waals surface area (Å²) in [7, 11) is 0. The Kier molecular flexibility index (Phi) is 8.01. The van der Waals surface area contributed by atoms with E-state index in [0.717, 1.165) is 49.7 Å². The Morgan fingerprint density at radius 3 is 1.54 bits per heavy atom. The lowest BCUT2D eigenvalue weighted by molar-refractivity contribution is 1.08. The van der Waals surface area contributed by atoms with Crippen molar-refractivity contribution in [3.63, 3.8) is 0 Å². The Labute approximate surface area is 334 Å². The molecular weight excluding hydrogens is 711 g/mol. The molecule has 0 amide bonds. The van der Waals surface area contributed by atoms with Gasteiger partial charge in [0.25, 0.3) is 0 Å². The molecular formula is C53H33N3S. The Bertz CT molecular complexity index is 3280. The lowest BCUT2D eigenvalue weighted by atomic mass is 9.85. The maximum atomic E-state index is 5.47. The van der Waals surface area contributed by atoms with E-state index in [0.29, 0.717) is 17.5 Å². The Hall–Kier alpha value is -7.27. The molecule has 0 aliphatic heterocycles. The fourth-order valence-electron chi connectivity index (χ4n) is 8.24. The smallest absolute Gasteiger partial charge is 0.165 e. The third-order valence-corrected chi connectivity index (χ3v) is 12.2. The standard InChI is InChI=1S/C53H33N3S/c1-3-14-34(15-4-1)35-26-28-38(29-27-35)42-32-30-36-16-7-9-20-40(36)48(42)45-33-31-37-17-8-10-21-41(37)49(45)53-55-51(39-18-5-2-6-19-39)54-52(56-53)46-24-13-23-44-43-22-11-12-25-47(43)57-50(44)46/h1-33H. The van der Waals surface area contributed by atoms with Gasteiger partial charge in [-0.05, 0) is 67.1 Å². The van der Waals surface area contributed by atoms with Crippen molar-refractivity contribution in [3.05, 3.63) is 200 Å². The van der Waals surface area contributed by atoms with E-state index >= 15 is 0 Å². The highest BCUT2D eigenvalue weighted by Gasteiger charge is 2.23. The van der Waals surface area contributed by atoms with Gasteiger partial charge in [0.2, 0.25) is 0 Å². The molecule has 266 valence electrons. The first kappa shape index (κ1) is 33.1. The van der Waals surface area contributed by atoms with Crippen LogP contribution in [0.3, 0.4) is 0 Å². The molecule has 0 spiro atoms. The van der Waals surface area contributed by atoms with Crippen molar-refractivity contribution in [3.8, 4) is 67.5 Å². The summed E-state index contributed by atoms with van der Waals surface area (Å²) in [5, 5.41) is 7.01. The minimum atomic E-state index is 0.641. The summed E-state index contributed by atoms with van der Waals surface area (Å²) in [5.41, 5.74) is 9.83. The summed E-state index contributed by atoms with van der Waals surface area (Å²) in [4.78, 5) is 16.1. The molecule has 0 fully saturated rings. The number of thiophene rings is 1. The molecule has 0 radical (unpaired) electrons. The van der Waals surface area contributed by atoms with Crippen molar-refractivity contribution < 1.29 is 0 Å². The van der Waals surface area contributed by atoms with Crippen LogP contribution >= 0.6 is 11.3 Å². The van der Waals surface area contributed by atoms with Crippen LogP contribution in [0, 0.1) is 0 Å². The fourth-order valence-corrected chi connectivity index (χ4v) is 9.46. The minimum Gasteiger partial charge on any atom is -0.208 e. The second-order valence-electron chi connectivity index (χ2n) is 14.3. The van der Waals surface area contributed by atoms with E-state index in [9.17, 15) is 0 Å². The number of fused-ring (bicyclic) bond motifs is 5. The third kappa shape index (κ3) is 5.78. The van der Waals surface area contributed by atoms with E-state index in [1.54, 1.807) is 11.3 Å². The predicted molar refractivity (Wildman–Crippen MR) is 240 cm³/mol. The van der Waals surface area contributed by atoms with E-state index < -0.39 is 0 Å². The van der Waals surface area contributed by atoms with Crippen LogP contribution in [0.5, 0.6) is 0 Å². The first-order valence-corrected chi connectivity index (χ1v) is 20.0. The van der Waals surface area contributed by atoms with Crippen LogP contribution in [-0.4, -0.2) is 15.0 Å². The molecule has 2 heterocycles. The molecule has 0 bridgehead atoms. The molecule has 4 heteroatoms. The van der Waals surface area contributed by atoms with Crippen molar-refractivity contribution >= 4 is 53.1 Å². The molecule has 0 aliphatic carbocycles. The highest BCUT2D eigenvalue weighted by Crippen LogP contribution is 2.46. The first-order chi connectivity index (χ1) is 28.3. The maximum Gasteiger partial charge on any atom is 0.165 e. The SMILES string of the molecule is c1ccc(-c2ccc(-c3ccc4ccccc4c3-c3ccc4ccccc4c3-c3nc(-c4ccccc4)nc(-c4cccc5c4sc4ccccc45)n3)cc2)cc1. The molecule has 11 rings (SSSR count). The zero-order chi connectivity index (χ0) is 37.7. The van der Waals surface area contributed by atoms with Gasteiger partial charge in [-0.3, -0.25) is 0 Å². The largest absolute Gasteiger partial charge is 0.208 e.